The van der Waals surface area contributed by atoms with Gasteiger partial charge in [-0.05, 0) is 24.5 Å². The molecule has 1 saturated heterocycles. The fourth-order valence-corrected chi connectivity index (χ4v) is 2.49. The van der Waals surface area contributed by atoms with Crippen LogP contribution in [0.5, 0.6) is 0 Å². The number of nitrogens with zero attached hydrogens (tertiary/aromatic N) is 1. The van der Waals surface area contributed by atoms with Crippen molar-refractivity contribution in [3.63, 3.8) is 0 Å². The monoisotopic (exact) mass is 188 g/mol. The number of hydrogen-bond donors (Lipinski definition) is 1. The van der Waals surface area contributed by atoms with E-state index in [1.54, 1.807) is 6.20 Å². The Morgan fingerprint density at radius 1 is 1.50 bits per heavy atom. The van der Waals surface area contributed by atoms with Gasteiger partial charge in [0.1, 0.15) is 0 Å². The molecular weight excluding hydrogens is 176 g/mol. The molecule has 2 heterocycles. The van der Waals surface area contributed by atoms with E-state index in [2.05, 4.69) is 10.3 Å². The van der Waals surface area contributed by atoms with Crippen LogP contribution in [0.2, 0.25) is 0 Å². The second kappa shape index (κ2) is 2.56. The summed E-state index contributed by atoms with van der Waals surface area (Å²) in [6.07, 6.45) is 6.88. The Hall–Kier alpha value is -1.38. The SMILES string of the molecule is O=C1N[C@H](c2cccnc2)C12CCC2. The summed E-state index contributed by atoms with van der Waals surface area (Å²) in [6.45, 7) is 0. The van der Waals surface area contributed by atoms with Crippen molar-refractivity contribution in [3.8, 4) is 0 Å². The molecule has 1 aromatic rings. The zero-order chi connectivity index (χ0) is 9.60. The van der Waals surface area contributed by atoms with Crippen molar-refractivity contribution in [2.24, 2.45) is 5.41 Å². The van der Waals surface area contributed by atoms with Gasteiger partial charge >= 0.3 is 0 Å². The Morgan fingerprint density at radius 2 is 2.36 bits per heavy atom. The topological polar surface area (TPSA) is 42.0 Å². The van der Waals surface area contributed by atoms with Gasteiger partial charge in [0, 0.05) is 12.4 Å². The van der Waals surface area contributed by atoms with E-state index in [4.69, 9.17) is 0 Å². The molecule has 1 N–H and O–H groups in total. The summed E-state index contributed by atoms with van der Waals surface area (Å²) < 4.78 is 0. The minimum Gasteiger partial charge on any atom is -0.348 e. The molecule has 0 aromatic carbocycles. The molecule has 0 unspecified atom stereocenters. The summed E-state index contributed by atoms with van der Waals surface area (Å²) in [7, 11) is 0. The number of β-lactam (4-membered cyclic amide) rings is 1. The molecule has 1 saturated carbocycles. The zero-order valence-corrected chi connectivity index (χ0v) is 7.86. The van der Waals surface area contributed by atoms with E-state index in [0.717, 1.165) is 18.4 Å². The summed E-state index contributed by atoms with van der Waals surface area (Å²) in [5.74, 6) is 0.234. The van der Waals surface area contributed by atoms with Gasteiger partial charge in [0.2, 0.25) is 5.91 Å². The van der Waals surface area contributed by atoms with Crippen LogP contribution in [0.25, 0.3) is 0 Å². The van der Waals surface area contributed by atoms with Crippen molar-refractivity contribution >= 4 is 5.91 Å². The standard InChI is InChI=1S/C11H12N2O/c14-10-11(4-2-5-11)9(13-10)8-3-1-6-12-7-8/h1,3,6-7,9H,2,4-5H2,(H,13,14)/t9-/m1/s1. The molecule has 72 valence electrons. The maximum absolute atomic E-state index is 11.5. The molecular formula is C11H12N2O. The lowest BCUT2D eigenvalue weighted by molar-refractivity contribution is -0.155. The van der Waals surface area contributed by atoms with E-state index >= 15 is 0 Å². The fourth-order valence-electron chi connectivity index (χ4n) is 2.49. The van der Waals surface area contributed by atoms with Gasteiger partial charge in [-0.2, -0.15) is 0 Å². The molecule has 1 atom stereocenters. The van der Waals surface area contributed by atoms with Gasteiger partial charge in [-0.15, -0.1) is 0 Å². The highest BCUT2D eigenvalue weighted by Crippen LogP contribution is 2.55. The van der Waals surface area contributed by atoms with Crippen LogP contribution in [-0.2, 0) is 4.79 Å². The highest BCUT2D eigenvalue weighted by Gasteiger charge is 2.58. The summed E-state index contributed by atoms with van der Waals surface area (Å²) in [5.41, 5.74) is 1.08. The molecule has 1 aliphatic carbocycles. The largest absolute Gasteiger partial charge is 0.348 e. The molecule has 2 fully saturated rings. The van der Waals surface area contributed by atoms with Gasteiger partial charge in [0.25, 0.3) is 0 Å². The first-order valence-corrected chi connectivity index (χ1v) is 5.04. The number of aromatic nitrogens is 1. The summed E-state index contributed by atoms with van der Waals surface area (Å²) in [6, 6.07) is 4.18. The molecule has 1 aromatic heterocycles. The van der Waals surface area contributed by atoms with Crippen LogP contribution in [0.4, 0.5) is 0 Å². The van der Waals surface area contributed by atoms with Gasteiger partial charge in [0.15, 0.2) is 0 Å². The van der Waals surface area contributed by atoms with Crippen molar-refractivity contribution in [3.05, 3.63) is 30.1 Å². The van der Waals surface area contributed by atoms with Crippen LogP contribution in [-0.4, -0.2) is 10.9 Å². The first kappa shape index (κ1) is 7.97. The van der Waals surface area contributed by atoms with Crippen LogP contribution in [0, 0.1) is 5.41 Å². The Kier molecular flexibility index (Phi) is 1.46. The summed E-state index contributed by atoms with van der Waals surface area (Å²) in [5, 5.41) is 2.97. The number of nitrogens with one attached hydrogen (secondary N) is 1. The molecule has 1 spiro atoms. The molecule has 14 heavy (non-hydrogen) atoms. The third-order valence-corrected chi connectivity index (χ3v) is 3.54. The normalized spacial score (nSPS) is 27.7. The van der Waals surface area contributed by atoms with Crippen molar-refractivity contribution < 1.29 is 4.79 Å². The number of pyridine rings is 1. The van der Waals surface area contributed by atoms with Crippen molar-refractivity contribution in [1.29, 1.82) is 0 Å². The zero-order valence-electron chi connectivity index (χ0n) is 7.86. The van der Waals surface area contributed by atoms with Gasteiger partial charge in [-0.1, -0.05) is 12.5 Å². The highest BCUT2D eigenvalue weighted by molar-refractivity contribution is 5.91. The molecule has 1 aliphatic heterocycles. The lowest BCUT2D eigenvalue weighted by Gasteiger charge is -2.54. The Bertz CT molecular complexity index is 370. The number of rotatable bonds is 1. The van der Waals surface area contributed by atoms with Crippen molar-refractivity contribution in [1.82, 2.24) is 10.3 Å². The number of amides is 1. The third kappa shape index (κ3) is 0.820. The van der Waals surface area contributed by atoms with E-state index in [9.17, 15) is 4.79 Å². The van der Waals surface area contributed by atoms with Crippen LogP contribution >= 0.6 is 0 Å². The predicted octanol–water partition coefficient (Wildman–Crippen LogP) is 1.42. The second-order valence-corrected chi connectivity index (χ2v) is 4.20. The lowest BCUT2D eigenvalue weighted by atomic mass is 9.57. The third-order valence-electron chi connectivity index (χ3n) is 3.54. The van der Waals surface area contributed by atoms with Gasteiger partial charge in [-0.25, -0.2) is 0 Å². The molecule has 1 amide bonds. The second-order valence-electron chi connectivity index (χ2n) is 4.20. The summed E-state index contributed by atoms with van der Waals surface area (Å²) in [4.78, 5) is 15.6. The lowest BCUT2D eigenvalue weighted by Crippen LogP contribution is -2.64. The minimum absolute atomic E-state index is 0.0664. The Morgan fingerprint density at radius 3 is 2.86 bits per heavy atom. The first-order chi connectivity index (χ1) is 6.83. The predicted molar refractivity (Wildman–Crippen MR) is 51.4 cm³/mol. The Balaban J connectivity index is 1.91. The maximum atomic E-state index is 11.5. The molecule has 3 heteroatoms. The van der Waals surface area contributed by atoms with Crippen molar-refractivity contribution in [2.45, 2.75) is 25.3 Å². The quantitative estimate of drug-likeness (QED) is 0.677. The first-order valence-electron chi connectivity index (χ1n) is 5.04. The van der Waals surface area contributed by atoms with E-state index in [-0.39, 0.29) is 17.4 Å². The van der Waals surface area contributed by atoms with Crippen LogP contribution in [0.15, 0.2) is 24.5 Å². The van der Waals surface area contributed by atoms with Crippen molar-refractivity contribution in [2.75, 3.05) is 0 Å². The number of carbonyl (C=O) groups excluding carboxylic acids is 1. The average molecular weight is 188 g/mol. The molecule has 3 nitrogen and oxygen atoms in total. The van der Waals surface area contributed by atoms with Gasteiger partial charge < -0.3 is 5.32 Å². The summed E-state index contributed by atoms with van der Waals surface area (Å²) >= 11 is 0. The van der Waals surface area contributed by atoms with Gasteiger partial charge in [-0.3, -0.25) is 9.78 Å². The Labute approximate surface area is 82.5 Å². The molecule has 0 bridgehead atoms. The number of carbonyl (C=O) groups is 1. The smallest absolute Gasteiger partial charge is 0.229 e. The molecule has 0 radical (unpaired) electrons. The minimum atomic E-state index is -0.0664. The van der Waals surface area contributed by atoms with Crippen LogP contribution < -0.4 is 5.32 Å². The maximum Gasteiger partial charge on any atom is 0.229 e. The number of hydrogen-bond acceptors (Lipinski definition) is 2. The van der Waals surface area contributed by atoms with Crippen LogP contribution in [0.3, 0.4) is 0 Å². The molecule has 3 rings (SSSR count). The van der Waals surface area contributed by atoms with Gasteiger partial charge in [0.05, 0.1) is 11.5 Å². The van der Waals surface area contributed by atoms with Crippen LogP contribution in [0.1, 0.15) is 30.9 Å². The fraction of sp³-hybridized carbons (Fsp3) is 0.455. The average Bonchev–Trinajstić information content (AvgIpc) is 2.13. The highest BCUT2D eigenvalue weighted by atomic mass is 16.2. The van der Waals surface area contributed by atoms with E-state index < -0.39 is 0 Å². The van der Waals surface area contributed by atoms with E-state index in [1.165, 1.54) is 6.42 Å². The van der Waals surface area contributed by atoms with E-state index in [0.29, 0.717) is 0 Å². The van der Waals surface area contributed by atoms with E-state index in [1.807, 2.05) is 18.3 Å². The molecule has 2 aliphatic rings.